The quantitative estimate of drug-likeness (QED) is 0.598. The molecule has 4 heterocycles. The highest BCUT2D eigenvalue weighted by Crippen LogP contribution is 2.48. The van der Waals surface area contributed by atoms with Crippen molar-refractivity contribution in [1.82, 2.24) is 24.8 Å². The molecule has 0 bridgehead atoms. The van der Waals surface area contributed by atoms with Gasteiger partial charge in [0.15, 0.2) is 5.82 Å². The van der Waals surface area contributed by atoms with Crippen LogP contribution in [0.25, 0.3) is 11.4 Å². The van der Waals surface area contributed by atoms with Crippen LogP contribution >= 0.6 is 0 Å². The molecule has 2 saturated heterocycles. The van der Waals surface area contributed by atoms with E-state index in [0.29, 0.717) is 17.9 Å². The highest BCUT2D eigenvalue weighted by molar-refractivity contribution is 5.78. The van der Waals surface area contributed by atoms with Crippen molar-refractivity contribution in [3.8, 4) is 11.4 Å². The van der Waals surface area contributed by atoms with Crippen LogP contribution in [0.1, 0.15) is 47.7 Å². The van der Waals surface area contributed by atoms with Crippen LogP contribution < -0.4 is 0 Å². The van der Waals surface area contributed by atoms with Gasteiger partial charge in [0.25, 0.3) is 0 Å². The molecule has 2 fully saturated rings. The number of pyridine rings is 1. The summed E-state index contributed by atoms with van der Waals surface area (Å²) in [7, 11) is 0. The lowest BCUT2D eigenvalue weighted by atomic mass is 9.71. The molecular weight excluding hydrogens is 422 g/mol. The van der Waals surface area contributed by atoms with Crippen molar-refractivity contribution in [3.63, 3.8) is 0 Å². The van der Waals surface area contributed by atoms with Gasteiger partial charge in [0.2, 0.25) is 5.91 Å². The summed E-state index contributed by atoms with van der Waals surface area (Å²) in [6.07, 6.45) is 10.4. The van der Waals surface area contributed by atoms with Gasteiger partial charge >= 0.3 is 0 Å². The maximum atomic E-state index is 12.8. The Hall–Kier alpha value is -3.12. The minimum absolute atomic E-state index is 0.213. The third-order valence-electron chi connectivity index (χ3n) is 8.01. The van der Waals surface area contributed by atoms with Crippen molar-refractivity contribution in [2.75, 3.05) is 26.2 Å². The molecule has 174 valence electrons. The predicted molar refractivity (Wildman–Crippen MR) is 131 cm³/mol. The molecule has 6 nitrogen and oxygen atoms in total. The third-order valence-corrected chi connectivity index (χ3v) is 8.01. The molecule has 2 aliphatic heterocycles. The number of hydrogen-bond acceptors (Lipinski definition) is 5. The number of rotatable bonds is 4. The first-order valence-electron chi connectivity index (χ1n) is 12.4. The number of aromatic nitrogens is 3. The summed E-state index contributed by atoms with van der Waals surface area (Å²) in [6.45, 7) is 6.08. The molecule has 1 amide bonds. The van der Waals surface area contributed by atoms with Crippen LogP contribution in [0.2, 0.25) is 0 Å². The summed E-state index contributed by atoms with van der Waals surface area (Å²) in [4.78, 5) is 30.7. The van der Waals surface area contributed by atoms with E-state index < -0.39 is 0 Å². The molecule has 3 aliphatic rings. The average Bonchev–Trinajstić information content (AvgIpc) is 3.27. The molecule has 2 aromatic heterocycles. The Labute approximate surface area is 201 Å². The number of fused-ring (bicyclic) bond motifs is 1. The summed E-state index contributed by atoms with van der Waals surface area (Å²) >= 11 is 0. The molecule has 0 radical (unpaired) electrons. The summed E-state index contributed by atoms with van der Waals surface area (Å²) in [5.74, 6) is 1.02. The van der Waals surface area contributed by atoms with Gasteiger partial charge in [-0.2, -0.15) is 0 Å². The molecule has 34 heavy (non-hydrogen) atoms. The second kappa shape index (κ2) is 8.58. The standard InChI is InChI=1S/C28H31N5O/c1-20-3-6-23(31-17-20)16-26(34)32-13-9-28(10-14-32)18-33(19-28)25-8-5-21-15-22(4-7-24(21)25)27-29-11-2-12-30-27/h2-4,6-7,11-12,15,17,25H,5,8-10,13-14,16,18-19H2,1H3/t25-/m1/s1. The molecule has 1 aliphatic carbocycles. The molecular formula is C28H31N5O. The van der Waals surface area contributed by atoms with Gasteiger partial charge in [-0.3, -0.25) is 14.7 Å². The van der Waals surface area contributed by atoms with Crippen LogP contribution in [0.3, 0.4) is 0 Å². The van der Waals surface area contributed by atoms with Crippen molar-refractivity contribution in [1.29, 1.82) is 0 Å². The lowest BCUT2D eigenvalue weighted by molar-refractivity contribution is -0.136. The van der Waals surface area contributed by atoms with Gasteiger partial charge < -0.3 is 4.90 Å². The Morgan fingerprint density at radius 3 is 2.59 bits per heavy atom. The van der Waals surface area contributed by atoms with Crippen LogP contribution in [0.5, 0.6) is 0 Å². The van der Waals surface area contributed by atoms with E-state index in [1.165, 1.54) is 17.5 Å². The lowest BCUT2D eigenvalue weighted by Crippen LogP contribution is -2.61. The van der Waals surface area contributed by atoms with E-state index in [4.69, 9.17) is 0 Å². The van der Waals surface area contributed by atoms with Crippen molar-refractivity contribution < 1.29 is 4.79 Å². The molecule has 0 unspecified atom stereocenters. The first-order chi connectivity index (χ1) is 16.6. The third kappa shape index (κ3) is 4.00. The fourth-order valence-corrected chi connectivity index (χ4v) is 6.01. The minimum atomic E-state index is 0.213. The van der Waals surface area contributed by atoms with Crippen molar-refractivity contribution in [3.05, 3.63) is 77.4 Å². The lowest BCUT2D eigenvalue weighted by Gasteiger charge is -2.56. The van der Waals surface area contributed by atoms with Gasteiger partial charge in [0.05, 0.1) is 6.42 Å². The van der Waals surface area contributed by atoms with E-state index in [-0.39, 0.29) is 5.91 Å². The van der Waals surface area contributed by atoms with Gasteiger partial charge in [-0.1, -0.05) is 18.2 Å². The SMILES string of the molecule is Cc1ccc(CC(=O)N2CCC3(CC2)CN([C@@H]2CCc4cc(-c5ncccn5)ccc42)C3)nc1. The van der Waals surface area contributed by atoms with E-state index in [1.54, 1.807) is 12.4 Å². The first kappa shape index (κ1) is 21.4. The molecule has 1 spiro atoms. The van der Waals surface area contributed by atoms with Crippen LogP contribution in [0.4, 0.5) is 0 Å². The predicted octanol–water partition coefficient (Wildman–Crippen LogP) is 4.00. The Bertz CT molecular complexity index is 1180. The smallest absolute Gasteiger partial charge is 0.228 e. The van der Waals surface area contributed by atoms with Crippen LogP contribution in [0.15, 0.2) is 55.0 Å². The Morgan fingerprint density at radius 1 is 1.06 bits per heavy atom. The molecule has 6 rings (SSSR count). The fourth-order valence-electron chi connectivity index (χ4n) is 6.01. The Kier molecular flexibility index (Phi) is 5.41. The minimum Gasteiger partial charge on any atom is -0.342 e. The van der Waals surface area contributed by atoms with Gasteiger partial charge in [0.1, 0.15) is 0 Å². The fraction of sp³-hybridized carbons (Fsp3) is 0.429. The monoisotopic (exact) mass is 453 g/mol. The summed E-state index contributed by atoms with van der Waals surface area (Å²) in [5, 5.41) is 0. The number of piperidine rings is 1. The van der Waals surface area contributed by atoms with Crippen LogP contribution in [-0.4, -0.2) is 56.8 Å². The molecule has 1 atom stereocenters. The number of likely N-dealkylation sites (tertiary alicyclic amines) is 2. The Balaban J connectivity index is 1.04. The topological polar surface area (TPSA) is 62.2 Å². The van der Waals surface area contributed by atoms with Crippen LogP contribution in [0, 0.1) is 12.3 Å². The number of carbonyl (C=O) groups is 1. The number of aryl methyl sites for hydroxylation is 2. The molecule has 6 heteroatoms. The number of benzene rings is 1. The van der Waals surface area contributed by atoms with Crippen LogP contribution in [-0.2, 0) is 17.6 Å². The molecule has 1 aromatic carbocycles. The van der Waals surface area contributed by atoms with E-state index in [9.17, 15) is 4.79 Å². The first-order valence-corrected chi connectivity index (χ1v) is 12.4. The Morgan fingerprint density at radius 2 is 1.85 bits per heavy atom. The van der Waals surface area contributed by atoms with Crippen molar-refractivity contribution in [2.45, 2.75) is 45.1 Å². The van der Waals surface area contributed by atoms with Gasteiger partial charge in [0, 0.05) is 62.1 Å². The maximum absolute atomic E-state index is 12.8. The van der Waals surface area contributed by atoms with Crippen molar-refractivity contribution in [2.24, 2.45) is 5.41 Å². The van der Waals surface area contributed by atoms with Gasteiger partial charge in [-0.15, -0.1) is 0 Å². The normalized spacial score (nSPS) is 21.3. The van der Waals surface area contributed by atoms with Gasteiger partial charge in [-0.25, -0.2) is 9.97 Å². The maximum Gasteiger partial charge on any atom is 0.228 e. The molecule has 0 N–H and O–H groups in total. The zero-order valence-electron chi connectivity index (χ0n) is 19.8. The van der Waals surface area contributed by atoms with Crippen molar-refractivity contribution >= 4 is 5.91 Å². The highest BCUT2D eigenvalue weighted by atomic mass is 16.2. The highest BCUT2D eigenvalue weighted by Gasteiger charge is 2.48. The second-order valence-corrected chi connectivity index (χ2v) is 10.3. The molecule has 3 aromatic rings. The van der Waals surface area contributed by atoms with E-state index in [2.05, 4.69) is 38.1 Å². The largest absolute Gasteiger partial charge is 0.342 e. The summed E-state index contributed by atoms with van der Waals surface area (Å²) in [6, 6.07) is 13.1. The average molecular weight is 454 g/mol. The van der Waals surface area contributed by atoms with E-state index in [0.717, 1.165) is 68.1 Å². The zero-order valence-corrected chi connectivity index (χ0v) is 19.8. The molecule has 0 saturated carbocycles. The van der Waals surface area contributed by atoms with E-state index in [1.807, 2.05) is 36.2 Å². The number of amides is 1. The summed E-state index contributed by atoms with van der Waals surface area (Å²) in [5.41, 5.74) is 6.42. The van der Waals surface area contributed by atoms with Gasteiger partial charge in [-0.05, 0) is 72.9 Å². The number of nitrogens with zero attached hydrogens (tertiary/aromatic N) is 5. The second-order valence-electron chi connectivity index (χ2n) is 10.3. The van der Waals surface area contributed by atoms with E-state index >= 15 is 0 Å². The summed E-state index contributed by atoms with van der Waals surface area (Å²) < 4.78 is 0. The number of hydrogen-bond donors (Lipinski definition) is 0. The zero-order chi connectivity index (χ0) is 23.1. The number of carbonyl (C=O) groups excluding carboxylic acids is 1.